The number of rotatable bonds is 6. The zero-order valence-electron chi connectivity index (χ0n) is 14.7. The Labute approximate surface area is 147 Å². The zero-order chi connectivity index (χ0) is 18.8. The van der Waals surface area contributed by atoms with Gasteiger partial charge in [-0.25, -0.2) is 9.98 Å². The molecule has 0 heterocycles. The van der Waals surface area contributed by atoms with E-state index < -0.39 is 6.04 Å². The van der Waals surface area contributed by atoms with Gasteiger partial charge < -0.3 is 15.8 Å². The van der Waals surface area contributed by atoms with Crippen molar-refractivity contribution in [3.05, 3.63) is 41.2 Å². The van der Waals surface area contributed by atoms with Crippen LogP contribution in [0, 0.1) is 11.3 Å². The van der Waals surface area contributed by atoms with E-state index in [1.165, 1.54) is 6.20 Å². The number of nitrogens with two attached hydrogens (primary N) is 1. The Balaban J connectivity index is 2.90. The van der Waals surface area contributed by atoms with Crippen molar-refractivity contribution in [2.45, 2.75) is 39.7 Å². The van der Waals surface area contributed by atoms with Crippen LogP contribution in [0.2, 0.25) is 0 Å². The lowest BCUT2D eigenvalue weighted by Crippen LogP contribution is -2.39. The van der Waals surface area contributed by atoms with E-state index in [2.05, 4.69) is 28.1 Å². The number of hydrogen-bond donors (Lipinski definition) is 2. The van der Waals surface area contributed by atoms with Crippen molar-refractivity contribution in [1.29, 1.82) is 5.26 Å². The Morgan fingerprint density at radius 1 is 1.52 bits per heavy atom. The summed E-state index contributed by atoms with van der Waals surface area (Å²) in [5, 5.41) is 11.6. The summed E-state index contributed by atoms with van der Waals surface area (Å²) >= 11 is 0. The molecule has 0 saturated heterocycles. The lowest BCUT2D eigenvalue weighted by atomic mass is 10.1. The molecule has 0 bridgehead atoms. The number of allylic oxidation sites excluding steroid dienone is 1. The number of hydrogen-bond acceptors (Lipinski definition) is 5. The Morgan fingerprint density at radius 3 is 2.80 bits per heavy atom. The van der Waals surface area contributed by atoms with E-state index in [1.54, 1.807) is 25.1 Å². The Morgan fingerprint density at radius 2 is 2.24 bits per heavy atom. The number of amidine groups is 1. The molecule has 1 rings (SSSR count). The molecule has 0 saturated carbocycles. The molecule has 0 aliphatic heterocycles. The normalized spacial score (nSPS) is 12.9. The van der Waals surface area contributed by atoms with Gasteiger partial charge in [-0.05, 0) is 50.2 Å². The number of nitriles is 1. The molecule has 0 aliphatic carbocycles. The third kappa shape index (κ3) is 6.20. The molecule has 0 spiro atoms. The number of carbonyl (C=O) groups is 1. The summed E-state index contributed by atoms with van der Waals surface area (Å²) < 4.78 is 5.64. The van der Waals surface area contributed by atoms with Crippen molar-refractivity contribution in [2.24, 2.45) is 15.7 Å². The summed E-state index contributed by atoms with van der Waals surface area (Å²) in [4.78, 5) is 19.5. The number of nitrogens with one attached hydrogen (secondary N) is 1. The molecule has 1 aromatic carbocycles. The summed E-state index contributed by atoms with van der Waals surface area (Å²) in [5.41, 5.74) is 7.58. The minimum atomic E-state index is -0.564. The number of benzene rings is 1. The largest absolute Gasteiger partial charge is 0.424 e. The Kier molecular flexibility index (Phi) is 8.03. The van der Waals surface area contributed by atoms with Gasteiger partial charge in [0.1, 0.15) is 5.75 Å². The average molecular weight is 341 g/mol. The zero-order valence-corrected chi connectivity index (χ0v) is 14.7. The maximum absolute atomic E-state index is 11.7. The summed E-state index contributed by atoms with van der Waals surface area (Å²) in [6.07, 6.45) is 2.65. The van der Waals surface area contributed by atoms with Gasteiger partial charge in [-0.2, -0.15) is 5.26 Å². The molecule has 3 N–H and O–H groups in total. The first kappa shape index (κ1) is 20.1. The molecule has 7 heteroatoms. The van der Waals surface area contributed by atoms with E-state index >= 15 is 0 Å². The van der Waals surface area contributed by atoms with E-state index in [1.807, 2.05) is 13.8 Å². The first-order chi connectivity index (χ1) is 11.9. The highest BCUT2D eigenvalue weighted by Crippen LogP contribution is 2.21. The summed E-state index contributed by atoms with van der Waals surface area (Å²) in [6, 6.07) is 6.66. The second-order valence-corrected chi connectivity index (χ2v) is 5.28. The molecular weight excluding hydrogens is 318 g/mol. The molecule has 132 valence electrons. The lowest BCUT2D eigenvalue weighted by Gasteiger charge is -2.10. The number of ether oxygens (including phenoxy) is 1. The fourth-order valence-corrected chi connectivity index (χ4v) is 1.88. The molecule has 1 atom stereocenters. The molecule has 0 aliphatic rings. The second kappa shape index (κ2) is 10.0. The standard InChI is InChI=1S/C18H23N5O2/c1-5-14-9-13(10-19)7-8-16(14)25-18(21-4)22-11-12(3)23-17(24)15(20)6-2/h7-9,11,15H,4-6,20H2,1-3H3,(H,23,24)/b12-11+,22-18+/t15-/m1/s1. The number of amides is 1. The van der Waals surface area contributed by atoms with Crippen molar-refractivity contribution < 1.29 is 9.53 Å². The fraction of sp³-hybridized carbons (Fsp3) is 0.333. The molecule has 0 aromatic heterocycles. The highest BCUT2D eigenvalue weighted by molar-refractivity contribution is 5.83. The Bertz CT molecular complexity index is 731. The monoisotopic (exact) mass is 341 g/mol. The van der Waals surface area contributed by atoms with Crippen LogP contribution in [0.4, 0.5) is 0 Å². The van der Waals surface area contributed by atoms with E-state index in [-0.39, 0.29) is 11.9 Å². The van der Waals surface area contributed by atoms with E-state index in [9.17, 15) is 4.79 Å². The molecule has 0 fully saturated rings. The van der Waals surface area contributed by atoms with Gasteiger partial charge in [0.25, 0.3) is 0 Å². The number of carbonyl (C=O) groups excluding carboxylic acids is 1. The topological polar surface area (TPSA) is 113 Å². The van der Waals surface area contributed by atoms with Gasteiger partial charge in [0, 0.05) is 5.70 Å². The van der Waals surface area contributed by atoms with Crippen molar-refractivity contribution in [3.63, 3.8) is 0 Å². The minimum Gasteiger partial charge on any atom is -0.424 e. The number of nitrogens with zero attached hydrogens (tertiary/aromatic N) is 3. The molecule has 1 aromatic rings. The van der Waals surface area contributed by atoms with E-state index in [0.717, 1.165) is 5.56 Å². The van der Waals surface area contributed by atoms with Crippen LogP contribution in [-0.2, 0) is 11.2 Å². The van der Waals surface area contributed by atoms with Crippen LogP contribution in [0.1, 0.15) is 38.3 Å². The molecule has 1 amide bonds. The van der Waals surface area contributed by atoms with Gasteiger partial charge in [0.2, 0.25) is 5.91 Å². The quantitative estimate of drug-likeness (QED) is 0.610. The van der Waals surface area contributed by atoms with Crippen molar-refractivity contribution in [1.82, 2.24) is 5.32 Å². The SMILES string of the molecule is C=N/C(=N\C=C(/C)NC(=O)[C@H](N)CC)Oc1ccc(C#N)cc1CC. The lowest BCUT2D eigenvalue weighted by molar-refractivity contribution is -0.121. The third-order valence-electron chi connectivity index (χ3n) is 3.37. The molecule has 25 heavy (non-hydrogen) atoms. The molecule has 7 nitrogen and oxygen atoms in total. The van der Waals surface area contributed by atoms with Gasteiger partial charge in [-0.3, -0.25) is 4.79 Å². The fourth-order valence-electron chi connectivity index (χ4n) is 1.88. The van der Waals surface area contributed by atoms with Gasteiger partial charge in [0.05, 0.1) is 23.9 Å². The summed E-state index contributed by atoms with van der Waals surface area (Å²) in [6.45, 7) is 8.90. The van der Waals surface area contributed by atoms with Gasteiger partial charge in [-0.1, -0.05) is 13.8 Å². The van der Waals surface area contributed by atoms with Crippen LogP contribution in [-0.4, -0.2) is 24.7 Å². The molecule has 0 unspecified atom stereocenters. The summed E-state index contributed by atoms with van der Waals surface area (Å²) in [5.74, 6) is 0.275. The Hall–Kier alpha value is -2.98. The van der Waals surface area contributed by atoms with Crippen molar-refractivity contribution in [3.8, 4) is 11.8 Å². The van der Waals surface area contributed by atoms with Crippen LogP contribution < -0.4 is 15.8 Å². The predicted molar refractivity (Wildman–Crippen MR) is 98.3 cm³/mol. The highest BCUT2D eigenvalue weighted by atomic mass is 16.5. The highest BCUT2D eigenvalue weighted by Gasteiger charge is 2.10. The predicted octanol–water partition coefficient (Wildman–Crippen LogP) is 2.27. The van der Waals surface area contributed by atoms with Crippen LogP contribution in [0.3, 0.4) is 0 Å². The first-order valence-corrected chi connectivity index (χ1v) is 7.93. The van der Waals surface area contributed by atoms with Crippen LogP contribution >= 0.6 is 0 Å². The van der Waals surface area contributed by atoms with E-state index in [4.69, 9.17) is 15.7 Å². The smallest absolute Gasteiger partial charge is 0.321 e. The third-order valence-corrected chi connectivity index (χ3v) is 3.37. The van der Waals surface area contributed by atoms with Crippen LogP contribution in [0.25, 0.3) is 0 Å². The average Bonchev–Trinajstić information content (AvgIpc) is 2.64. The minimum absolute atomic E-state index is 0.0350. The van der Waals surface area contributed by atoms with Gasteiger partial charge in [0.15, 0.2) is 0 Å². The van der Waals surface area contributed by atoms with Crippen LogP contribution in [0.15, 0.2) is 40.1 Å². The van der Waals surface area contributed by atoms with Crippen molar-refractivity contribution in [2.75, 3.05) is 0 Å². The second-order valence-electron chi connectivity index (χ2n) is 5.28. The van der Waals surface area contributed by atoms with Gasteiger partial charge in [-0.15, -0.1) is 0 Å². The van der Waals surface area contributed by atoms with Crippen molar-refractivity contribution >= 4 is 18.6 Å². The molecule has 0 radical (unpaired) electrons. The van der Waals surface area contributed by atoms with E-state index in [0.29, 0.717) is 29.9 Å². The maximum Gasteiger partial charge on any atom is 0.321 e. The van der Waals surface area contributed by atoms with Crippen LogP contribution in [0.5, 0.6) is 5.75 Å². The molecular formula is C18H23N5O2. The van der Waals surface area contributed by atoms with Gasteiger partial charge >= 0.3 is 6.02 Å². The first-order valence-electron chi connectivity index (χ1n) is 7.93. The maximum atomic E-state index is 11.7. The number of aliphatic imine (C=N–C) groups is 2. The number of aryl methyl sites for hydroxylation is 1. The summed E-state index contributed by atoms with van der Waals surface area (Å²) in [7, 11) is 0.